The second-order valence-electron chi connectivity index (χ2n) is 4.92. The van der Waals surface area contributed by atoms with E-state index >= 15 is 0 Å². The number of benzene rings is 1. The Morgan fingerprint density at radius 3 is 2.71 bits per heavy atom. The first-order chi connectivity index (χ1) is 10.0. The Balaban J connectivity index is 2.12. The van der Waals surface area contributed by atoms with Crippen LogP contribution in [0.2, 0.25) is 0 Å². The van der Waals surface area contributed by atoms with Gasteiger partial charge in [-0.2, -0.15) is 0 Å². The zero-order valence-corrected chi connectivity index (χ0v) is 12.9. The van der Waals surface area contributed by atoms with Crippen LogP contribution in [0.15, 0.2) is 30.3 Å². The van der Waals surface area contributed by atoms with Gasteiger partial charge in [0.2, 0.25) is 0 Å². The van der Waals surface area contributed by atoms with Gasteiger partial charge in [-0.05, 0) is 39.0 Å². The van der Waals surface area contributed by atoms with Gasteiger partial charge in [-0.25, -0.2) is 9.97 Å². The Morgan fingerprint density at radius 2 is 1.95 bits per heavy atom. The molecule has 3 aromatic rings. The van der Waals surface area contributed by atoms with E-state index in [0.29, 0.717) is 11.4 Å². The van der Waals surface area contributed by atoms with Crippen molar-refractivity contribution in [2.24, 2.45) is 0 Å². The summed E-state index contributed by atoms with van der Waals surface area (Å²) in [4.78, 5) is 22.8. The first-order valence-electron chi connectivity index (χ1n) is 6.66. The lowest BCUT2D eigenvalue weighted by Crippen LogP contribution is -2.02. The van der Waals surface area contributed by atoms with Gasteiger partial charge in [0.15, 0.2) is 5.78 Å². The fourth-order valence-corrected chi connectivity index (χ4v) is 3.20. The highest BCUT2D eigenvalue weighted by Gasteiger charge is 2.12. The van der Waals surface area contributed by atoms with Gasteiger partial charge in [0.25, 0.3) is 0 Å². The van der Waals surface area contributed by atoms with Crippen molar-refractivity contribution < 1.29 is 4.79 Å². The molecule has 0 saturated heterocycles. The van der Waals surface area contributed by atoms with E-state index < -0.39 is 0 Å². The SMILES string of the molecule is CC(=O)c1ccccc1Nc1nc(C)nc2sc(C)cc12. The average Bonchev–Trinajstić information content (AvgIpc) is 2.79. The minimum Gasteiger partial charge on any atom is -0.339 e. The summed E-state index contributed by atoms with van der Waals surface area (Å²) in [6, 6.07) is 9.53. The highest BCUT2D eigenvalue weighted by atomic mass is 32.1. The number of carbonyl (C=O) groups excluding carboxylic acids is 1. The van der Waals surface area contributed by atoms with E-state index in [1.165, 1.54) is 4.88 Å². The molecule has 0 bridgehead atoms. The number of aryl methyl sites for hydroxylation is 2. The van der Waals surface area contributed by atoms with Crippen molar-refractivity contribution in [1.29, 1.82) is 0 Å². The quantitative estimate of drug-likeness (QED) is 0.734. The Hall–Kier alpha value is -2.27. The van der Waals surface area contributed by atoms with E-state index in [-0.39, 0.29) is 5.78 Å². The van der Waals surface area contributed by atoms with Gasteiger partial charge in [-0.3, -0.25) is 4.79 Å². The molecule has 0 aliphatic carbocycles. The molecule has 0 unspecified atom stereocenters. The third-order valence-electron chi connectivity index (χ3n) is 3.19. The number of thiophene rings is 1. The molecule has 0 saturated carbocycles. The number of rotatable bonds is 3. The number of aromatic nitrogens is 2. The maximum absolute atomic E-state index is 11.7. The molecule has 0 aliphatic rings. The standard InChI is InChI=1S/C16H15N3OS/c1-9-8-13-15(17-11(3)18-16(13)21-9)19-14-7-5-4-6-12(14)10(2)20/h4-8H,1-3H3,(H,17,18,19). The first kappa shape index (κ1) is 13.7. The lowest BCUT2D eigenvalue weighted by molar-refractivity contribution is 0.101. The molecular weight excluding hydrogens is 282 g/mol. The normalized spacial score (nSPS) is 10.8. The third-order valence-corrected chi connectivity index (χ3v) is 4.13. The van der Waals surface area contributed by atoms with Crippen LogP contribution in [0.4, 0.5) is 11.5 Å². The van der Waals surface area contributed by atoms with Crippen LogP contribution in [-0.2, 0) is 0 Å². The van der Waals surface area contributed by atoms with Crippen molar-refractivity contribution in [2.75, 3.05) is 5.32 Å². The van der Waals surface area contributed by atoms with Gasteiger partial charge in [-0.15, -0.1) is 11.3 Å². The molecule has 1 aromatic carbocycles. The topological polar surface area (TPSA) is 54.9 Å². The second kappa shape index (κ2) is 5.26. The summed E-state index contributed by atoms with van der Waals surface area (Å²) in [7, 11) is 0. The second-order valence-corrected chi connectivity index (χ2v) is 6.16. The highest BCUT2D eigenvalue weighted by molar-refractivity contribution is 7.18. The van der Waals surface area contributed by atoms with E-state index in [4.69, 9.17) is 0 Å². The van der Waals surface area contributed by atoms with Gasteiger partial charge < -0.3 is 5.32 Å². The number of Topliss-reactive ketones (excluding diaryl/α,β-unsaturated/α-hetero) is 1. The molecule has 0 fully saturated rings. The van der Waals surface area contributed by atoms with Crippen molar-refractivity contribution in [1.82, 2.24) is 9.97 Å². The van der Waals surface area contributed by atoms with Crippen LogP contribution >= 0.6 is 11.3 Å². The Morgan fingerprint density at radius 1 is 1.19 bits per heavy atom. The maximum Gasteiger partial charge on any atom is 0.161 e. The Kier molecular flexibility index (Phi) is 3.43. The van der Waals surface area contributed by atoms with Crippen molar-refractivity contribution in [2.45, 2.75) is 20.8 Å². The fourth-order valence-electron chi connectivity index (χ4n) is 2.27. The molecule has 0 radical (unpaired) electrons. The Labute approximate surface area is 126 Å². The smallest absolute Gasteiger partial charge is 0.161 e. The zero-order chi connectivity index (χ0) is 15.0. The van der Waals surface area contributed by atoms with Crippen LogP contribution in [0.1, 0.15) is 28.0 Å². The van der Waals surface area contributed by atoms with Crippen molar-refractivity contribution in [3.8, 4) is 0 Å². The summed E-state index contributed by atoms with van der Waals surface area (Å²) < 4.78 is 0. The van der Waals surface area contributed by atoms with Gasteiger partial charge in [0, 0.05) is 10.4 Å². The van der Waals surface area contributed by atoms with Crippen LogP contribution in [0.5, 0.6) is 0 Å². The maximum atomic E-state index is 11.7. The van der Waals surface area contributed by atoms with Gasteiger partial charge in [0.05, 0.1) is 11.1 Å². The van der Waals surface area contributed by atoms with E-state index in [9.17, 15) is 4.79 Å². The molecular formula is C16H15N3OS. The van der Waals surface area contributed by atoms with E-state index in [1.54, 1.807) is 18.3 Å². The molecule has 4 nitrogen and oxygen atoms in total. The predicted molar refractivity (Wildman–Crippen MR) is 86.6 cm³/mol. The number of carbonyl (C=O) groups is 1. The number of anilines is 2. The van der Waals surface area contributed by atoms with Crippen LogP contribution in [0, 0.1) is 13.8 Å². The number of nitrogens with zero attached hydrogens (tertiary/aromatic N) is 2. The molecule has 0 amide bonds. The van der Waals surface area contributed by atoms with Crippen LogP contribution in [0.25, 0.3) is 10.2 Å². The van der Waals surface area contributed by atoms with E-state index in [1.807, 2.05) is 31.2 Å². The van der Waals surface area contributed by atoms with Gasteiger partial charge in [0.1, 0.15) is 16.5 Å². The van der Waals surface area contributed by atoms with Gasteiger partial charge in [-0.1, -0.05) is 12.1 Å². The molecule has 2 heterocycles. The summed E-state index contributed by atoms with van der Waals surface area (Å²) in [6.07, 6.45) is 0. The first-order valence-corrected chi connectivity index (χ1v) is 7.48. The van der Waals surface area contributed by atoms with E-state index in [0.717, 1.165) is 21.7 Å². The summed E-state index contributed by atoms with van der Waals surface area (Å²) in [6.45, 7) is 5.49. The van der Waals surface area contributed by atoms with Crippen molar-refractivity contribution >= 4 is 38.8 Å². The summed E-state index contributed by atoms with van der Waals surface area (Å²) in [5.41, 5.74) is 1.43. The largest absolute Gasteiger partial charge is 0.339 e. The molecule has 3 rings (SSSR count). The fraction of sp³-hybridized carbons (Fsp3) is 0.188. The van der Waals surface area contributed by atoms with Crippen LogP contribution in [-0.4, -0.2) is 15.8 Å². The molecule has 21 heavy (non-hydrogen) atoms. The van der Waals surface area contributed by atoms with Crippen LogP contribution < -0.4 is 5.32 Å². The van der Waals surface area contributed by atoms with Crippen molar-refractivity contribution in [3.05, 3.63) is 46.6 Å². The molecule has 5 heteroatoms. The number of hydrogen-bond acceptors (Lipinski definition) is 5. The third kappa shape index (κ3) is 2.64. The molecule has 2 aromatic heterocycles. The molecule has 0 aliphatic heterocycles. The molecule has 0 atom stereocenters. The monoisotopic (exact) mass is 297 g/mol. The lowest BCUT2D eigenvalue weighted by atomic mass is 10.1. The van der Waals surface area contributed by atoms with Crippen LogP contribution in [0.3, 0.4) is 0 Å². The lowest BCUT2D eigenvalue weighted by Gasteiger charge is -2.10. The summed E-state index contributed by atoms with van der Waals surface area (Å²) in [5, 5.41) is 4.27. The number of nitrogens with one attached hydrogen (secondary N) is 1. The molecule has 0 spiro atoms. The number of ketones is 1. The van der Waals surface area contributed by atoms with Crippen molar-refractivity contribution in [3.63, 3.8) is 0 Å². The molecule has 1 N–H and O–H groups in total. The Bertz CT molecular complexity index is 839. The minimum absolute atomic E-state index is 0.0293. The summed E-state index contributed by atoms with van der Waals surface area (Å²) in [5.74, 6) is 1.49. The summed E-state index contributed by atoms with van der Waals surface area (Å²) >= 11 is 1.64. The molecule has 106 valence electrons. The predicted octanol–water partition coefficient (Wildman–Crippen LogP) is 4.25. The average molecular weight is 297 g/mol. The van der Waals surface area contributed by atoms with Gasteiger partial charge >= 0.3 is 0 Å². The zero-order valence-electron chi connectivity index (χ0n) is 12.1. The number of fused-ring (bicyclic) bond motifs is 1. The highest BCUT2D eigenvalue weighted by Crippen LogP contribution is 2.31. The van der Waals surface area contributed by atoms with E-state index in [2.05, 4.69) is 28.3 Å². The number of para-hydroxylation sites is 1. The minimum atomic E-state index is 0.0293. The number of hydrogen-bond donors (Lipinski definition) is 1.